The summed E-state index contributed by atoms with van der Waals surface area (Å²) >= 11 is 0. The molecule has 2 aromatic carbocycles. The lowest BCUT2D eigenvalue weighted by Crippen LogP contribution is -3.12. The van der Waals surface area contributed by atoms with Gasteiger partial charge in [-0.25, -0.2) is 0 Å². The summed E-state index contributed by atoms with van der Waals surface area (Å²) in [5.74, 6) is 1.68. The number of carbonyl (C=O) groups excluding carboxylic acids is 1. The van der Waals surface area contributed by atoms with E-state index in [1.54, 1.807) is 0 Å². The van der Waals surface area contributed by atoms with E-state index in [0.717, 1.165) is 44.0 Å². The number of esters is 1. The van der Waals surface area contributed by atoms with Gasteiger partial charge in [0.05, 0.1) is 19.7 Å². The third-order valence-electron chi connectivity index (χ3n) is 4.57. The third-order valence-corrected chi connectivity index (χ3v) is 4.57. The van der Waals surface area contributed by atoms with Crippen LogP contribution in [0.3, 0.4) is 0 Å². The molecule has 0 amide bonds. The summed E-state index contributed by atoms with van der Waals surface area (Å²) in [6.45, 7) is 5.18. The van der Waals surface area contributed by atoms with Crippen molar-refractivity contribution in [2.75, 3.05) is 19.7 Å². The smallest absolute Gasteiger partial charge is 0.314 e. The summed E-state index contributed by atoms with van der Waals surface area (Å²) < 4.78 is 11.1. The van der Waals surface area contributed by atoms with Gasteiger partial charge in [-0.1, -0.05) is 30.3 Å². The van der Waals surface area contributed by atoms with Crippen LogP contribution in [0.15, 0.2) is 54.6 Å². The van der Waals surface area contributed by atoms with Gasteiger partial charge in [-0.3, -0.25) is 4.79 Å². The number of hydrogen-bond donors (Lipinski definition) is 1. The molecule has 1 aliphatic heterocycles. The normalized spacial score (nSPS) is 20.0. The Bertz CT molecular complexity index is 687. The maximum absolute atomic E-state index is 12.0. The highest BCUT2D eigenvalue weighted by atomic mass is 16.5. The number of carbonyl (C=O) groups is 1. The molecule has 1 unspecified atom stereocenters. The molecule has 0 aromatic heterocycles. The Morgan fingerprint density at radius 3 is 2.72 bits per heavy atom. The fourth-order valence-corrected chi connectivity index (χ4v) is 3.41. The first-order chi connectivity index (χ1) is 12.2. The second-order valence-corrected chi connectivity index (χ2v) is 6.53. The Morgan fingerprint density at radius 2 is 1.92 bits per heavy atom. The number of piperidine rings is 1. The van der Waals surface area contributed by atoms with Crippen LogP contribution in [0.5, 0.6) is 11.5 Å². The lowest BCUT2D eigenvalue weighted by atomic mass is 9.97. The molecule has 1 N–H and O–H groups in total. The number of para-hydroxylation sites is 1. The van der Waals surface area contributed by atoms with Gasteiger partial charge in [-0.15, -0.1) is 0 Å². The fourth-order valence-electron chi connectivity index (χ4n) is 3.41. The van der Waals surface area contributed by atoms with Crippen molar-refractivity contribution in [3.05, 3.63) is 60.2 Å². The van der Waals surface area contributed by atoms with Crippen LogP contribution in [0.2, 0.25) is 0 Å². The van der Waals surface area contributed by atoms with Crippen molar-refractivity contribution in [3.63, 3.8) is 0 Å². The number of ether oxygens (including phenoxy) is 2. The molecule has 0 bridgehead atoms. The second kappa shape index (κ2) is 8.67. The van der Waals surface area contributed by atoms with Gasteiger partial charge < -0.3 is 14.4 Å². The maximum atomic E-state index is 12.0. The minimum atomic E-state index is -0.0409. The van der Waals surface area contributed by atoms with Crippen LogP contribution >= 0.6 is 0 Å². The number of rotatable bonds is 6. The van der Waals surface area contributed by atoms with Gasteiger partial charge in [0.15, 0.2) is 0 Å². The van der Waals surface area contributed by atoms with Crippen LogP contribution in [0.4, 0.5) is 0 Å². The minimum absolute atomic E-state index is 0.0347. The SMILES string of the molecule is CCOC(=O)[C@H]1CCC[NH+](Cc2cccc(Oc3ccccc3)c2)C1. The van der Waals surface area contributed by atoms with Crippen molar-refractivity contribution in [1.82, 2.24) is 0 Å². The highest BCUT2D eigenvalue weighted by Gasteiger charge is 2.29. The van der Waals surface area contributed by atoms with Gasteiger partial charge in [0.2, 0.25) is 0 Å². The van der Waals surface area contributed by atoms with Crippen LogP contribution in [0.1, 0.15) is 25.3 Å². The Labute approximate surface area is 149 Å². The monoisotopic (exact) mass is 340 g/mol. The standard InChI is InChI=1S/C21H25NO3/c1-2-24-21(23)18-9-7-13-22(16-18)15-17-8-6-12-20(14-17)25-19-10-4-3-5-11-19/h3-6,8,10-12,14,18H,2,7,9,13,15-16H2,1H3/p+1/t18-/m0/s1. The molecule has 2 atom stereocenters. The number of benzene rings is 2. The molecule has 132 valence electrons. The molecule has 1 saturated heterocycles. The Morgan fingerprint density at radius 1 is 1.12 bits per heavy atom. The molecule has 0 spiro atoms. The van der Waals surface area contributed by atoms with Crippen LogP contribution in [0, 0.1) is 5.92 Å². The van der Waals surface area contributed by atoms with E-state index < -0.39 is 0 Å². The van der Waals surface area contributed by atoms with Crippen molar-refractivity contribution < 1.29 is 19.2 Å². The van der Waals surface area contributed by atoms with Gasteiger partial charge in [-0.05, 0) is 44.0 Å². The molecular formula is C21H26NO3+. The van der Waals surface area contributed by atoms with E-state index in [2.05, 4.69) is 12.1 Å². The molecule has 0 radical (unpaired) electrons. The average Bonchev–Trinajstić information content (AvgIpc) is 2.63. The van der Waals surface area contributed by atoms with E-state index in [0.29, 0.717) is 6.61 Å². The molecule has 1 fully saturated rings. The molecular weight excluding hydrogens is 314 g/mol. The summed E-state index contributed by atoms with van der Waals surface area (Å²) in [6, 6.07) is 18.0. The average molecular weight is 340 g/mol. The van der Waals surface area contributed by atoms with Gasteiger partial charge in [0, 0.05) is 5.56 Å². The highest BCUT2D eigenvalue weighted by molar-refractivity contribution is 5.72. The van der Waals surface area contributed by atoms with Crippen molar-refractivity contribution in [2.45, 2.75) is 26.3 Å². The molecule has 2 aromatic rings. The van der Waals surface area contributed by atoms with E-state index in [4.69, 9.17) is 9.47 Å². The van der Waals surface area contributed by atoms with Crippen molar-refractivity contribution >= 4 is 5.97 Å². The van der Waals surface area contributed by atoms with Crippen LogP contribution in [0.25, 0.3) is 0 Å². The largest absolute Gasteiger partial charge is 0.466 e. The van der Waals surface area contributed by atoms with Gasteiger partial charge >= 0.3 is 5.97 Å². The molecule has 4 heteroatoms. The number of nitrogens with one attached hydrogen (secondary N) is 1. The zero-order chi connectivity index (χ0) is 17.5. The van der Waals surface area contributed by atoms with E-state index >= 15 is 0 Å². The van der Waals surface area contributed by atoms with Crippen molar-refractivity contribution in [1.29, 1.82) is 0 Å². The molecule has 25 heavy (non-hydrogen) atoms. The van der Waals surface area contributed by atoms with Crippen LogP contribution < -0.4 is 9.64 Å². The summed E-state index contributed by atoms with van der Waals surface area (Å²) in [4.78, 5) is 13.4. The van der Waals surface area contributed by atoms with E-state index in [1.165, 1.54) is 10.5 Å². The predicted octanol–water partition coefficient (Wildman–Crippen LogP) is 2.84. The third kappa shape index (κ3) is 5.07. The topological polar surface area (TPSA) is 40.0 Å². The molecule has 1 heterocycles. The second-order valence-electron chi connectivity index (χ2n) is 6.53. The molecule has 0 aliphatic carbocycles. The highest BCUT2D eigenvalue weighted by Crippen LogP contribution is 2.21. The van der Waals surface area contributed by atoms with Crippen molar-refractivity contribution in [2.24, 2.45) is 5.92 Å². The first kappa shape index (κ1) is 17.5. The predicted molar refractivity (Wildman–Crippen MR) is 96.7 cm³/mol. The van der Waals surface area contributed by atoms with Crippen molar-refractivity contribution in [3.8, 4) is 11.5 Å². The first-order valence-corrected chi connectivity index (χ1v) is 9.06. The Kier molecular flexibility index (Phi) is 6.07. The quantitative estimate of drug-likeness (QED) is 0.822. The van der Waals surface area contributed by atoms with E-state index in [-0.39, 0.29) is 11.9 Å². The zero-order valence-corrected chi connectivity index (χ0v) is 14.7. The minimum Gasteiger partial charge on any atom is -0.466 e. The summed E-state index contributed by atoms with van der Waals surface area (Å²) in [6.07, 6.45) is 2.01. The molecule has 3 rings (SSSR count). The maximum Gasteiger partial charge on any atom is 0.314 e. The lowest BCUT2D eigenvalue weighted by molar-refractivity contribution is -0.921. The van der Waals surface area contributed by atoms with Crippen LogP contribution in [-0.2, 0) is 16.1 Å². The zero-order valence-electron chi connectivity index (χ0n) is 14.7. The van der Waals surface area contributed by atoms with Gasteiger partial charge in [0.1, 0.15) is 24.0 Å². The van der Waals surface area contributed by atoms with Gasteiger partial charge in [0.25, 0.3) is 0 Å². The molecule has 0 saturated carbocycles. The Balaban J connectivity index is 1.61. The van der Waals surface area contributed by atoms with E-state index in [9.17, 15) is 4.79 Å². The fraction of sp³-hybridized carbons (Fsp3) is 0.381. The summed E-state index contributed by atoms with van der Waals surface area (Å²) in [5, 5.41) is 0. The molecule has 1 aliphatic rings. The number of quaternary nitrogens is 1. The Hall–Kier alpha value is -2.33. The lowest BCUT2D eigenvalue weighted by Gasteiger charge is -2.28. The van der Waals surface area contributed by atoms with Crippen LogP contribution in [-0.4, -0.2) is 25.7 Å². The summed E-state index contributed by atoms with van der Waals surface area (Å²) in [5.41, 5.74) is 1.23. The number of likely N-dealkylation sites (tertiary alicyclic amines) is 1. The van der Waals surface area contributed by atoms with Gasteiger partial charge in [-0.2, -0.15) is 0 Å². The summed E-state index contributed by atoms with van der Waals surface area (Å²) in [7, 11) is 0. The number of hydrogen-bond acceptors (Lipinski definition) is 3. The first-order valence-electron chi connectivity index (χ1n) is 9.06. The van der Waals surface area contributed by atoms with E-state index in [1.807, 2.05) is 49.4 Å². The molecule has 4 nitrogen and oxygen atoms in total.